The van der Waals surface area contributed by atoms with E-state index in [1.54, 1.807) is 0 Å². The van der Waals surface area contributed by atoms with Crippen LogP contribution in [-0.4, -0.2) is 0 Å². The molecule has 2 rings (SSSR count). The minimum absolute atomic E-state index is 0.752. The van der Waals surface area contributed by atoms with Gasteiger partial charge in [0.25, 0.3) is 0 Å². The average molecular weight is 352 g/mol. The Balaban J connectivity index is 1.53. The molecule has 0 N–H and O–H groups in total. The van der Waals surface area contributed by atoms with Crippen LogP contribution in [0.5, 0.6) is 0 Å². The number of benzene rings is 1. The Morgan fingerprint density at radius 1 is 0.962 bits per heavy atom. The summed E-state index contributed by atoms with van der Waals surface area (Å²) in [6.45, 7) is 2.29. The van der Waals surface area contributed by atoms with E-state index in [9.17, 15) is 0 Å². The lowest BCUT2D eigenvalue weighted by molar-refractivity contribution is 0.288. The third kappa shape index (κ3) is 8.22. The molecule has 0 aliphatic heterocycles. The van der Waals surface area contributed by atoms with Gasteiger partial charge in [-0.1, -0.05) is 76.2 Å². The van der Waals surface area contributed by atoms with Crippen LogP contribution in [0.25, 0.3) is 0 Å². The molecule has 1 nitrogen and oxygen atoms in total. The maximum Gasteiger partial charge on any atom is 0.0991 e. The molecule has 1 saturated carbocycles. The van der Waals surface area contributed by atoms with E-state index in [2.05, 4.69) is 37.3 Å². The van der Waals surface area contributed by atoms with Gasteiger partial charge in [0.2, 0.25) is 0 Å². The predicted molar refractivity (Wildman–Crippen MR) is 112 cm³/mol. The topological polar surface area (TPSA) is 23.8 Å². The van der Waals surface area contributed by atoms with E-state index >= 15 is 0 Å². The zero-order chi connectivity index (χ0) is 18.5. The normalized spacial score (nSPS) is 20.3. The van der Waals surface area contributed by atoms with Crippen molar-refractivity contribution in [3.8, 4) is 6.07 Å². The lowest BCUT2D eigenvalue weighted by Crippen LogP contribution is -2.13. The zero-order valence-electron chi connectivity index (χ0n) is 16.8. The van der Waals surface area contributed by atoms with Gasteiger partial charge in [0.15, 0.2) is 0 Å². The third-order valence-corrected chi connectivity index (χ3v) is 5.95. The Bertz CT molecular complexity index is 541. The van der Waals surface area contributed by atoms with Gasteiger partial charge in [0, 0.05) is 0 Å². The van der Waals surface area contributed by atoms with Crippen molar-refractivity contribution in [3.05, 3.63) is 47.5 Å². The molecule has 1 fully saturated rings. The fourth-order valence-corrected chi connectivity index (χ4v) is 4.17. The van der Waals surface area contributed by atoms with E-state index in [0.29, 0.717) is 0 Å². The highest BCUT2D eigenvalue weighted by Gasteiger charge is 2.18. The molecule has 1 aromatic carbocycles. The molecule has 0 atom stereocenters. The first-order valence-corrected chi connectivity index (χ1v) is 11.0. The summed E-state index contributed by atoms with van der Waals surface area (Å²) in [4.78, 5) is 0. The molecule has 1 heteroatoms. The van der Waals surface area contributed by atoms with E-state index in [1.165, 1.54) is 76.2 Å². The van der Waals surface area contributed by atoms with Crippen molar-refractivity contribution in [2.45, 2.75) is 90.4 Å². The second kappa shape index (κ2) is 12.7. The third-order valence-electron chi connectivity index (χ3n) is 5.95. The summed E-state index contributed by atoms with van der Waals surface area (Å²) in [7, 11) is 0. The van der Waals surface area contributed by atoms with Crippen LogP contribution in [0.15, 0.2) is 36.4 Å². The monoisotopic (exact) mass is 351 g/mol. The summed E-state index contributed by atoms with van der Waals surface area (Å²) < 4.78 is 0. The van der Waals surface area contributed by atoms with Crippen LogP contribution in [0.4, 0.5) is 0 Å². The van der Waals surface area contributed by atoms with Crippen LogP contribution in [0.2, 0.25) is 0 Å². The molecule has 0 unspecified atom stereocenters. The molecule has 0 spiro atoms. The van der Waals surface area contributed by atoms with Gasteiger partial charge >= 0.3 is 0 Å². The molecule has 26 heavy (non-hydrogen) atoms. The number of hydrogen-bond acceptors (Lipinski definition) is 1. The van der Waals surface area contributed by atoms with E-state index < -0.39 is 0 Å². The molecule has 0 heterocycles. The molecule has 1 aliphatic carbocycles. The molecule has 142 valence electrons. The smallest absolute Gasteiger partial charge is 0.0991 e. The summed E-state index contributed by atoms with van der Waals surface area (Å²) in [5.74, 6) is 1.82. The fraction of sp³-hybridized carbons (Fsp3) is 0.640. The molecule has 0 saturated heterocycles. The van der Waals surface area contributed by atoms with Crippen molar-refractivity contribution in [3.63, 3.8) is 0 Å². The fourth-order valence-electron chi connectivity index (χ4n) is 4.17. The Morgan fingerprint density at radius 2 is 1.65 bits per heavy atom. The number of unbranched alkanes of at least 4 members (excludes halogenated alkanes) is 5. The van der Waals surface area contributed by atoms with E-state index in [4.69, 9.17) is 5.26 Å². The minimum atomic E-state index is 0.752. The van der Waals surface area contributed by atoms with Gasteiger partial charge in [-0.3, -0.25) is 0 Å². The summed E-state index contributed by atoms with van der Waals surface area (Å²) in [6.07, 6.45) is 22.8. The highest BCUT2D eigenvalue weighted by molar-refractivity contribution is 5.31. The molecule has 0 aromatic heterocycles. The lowest BCUT2D eigenvalue weighted by atomic mass is 9.79. The van der Waals surface area contributed by atoms with Gasteiger partial charge in [0.1, 0.15) is 0 Å². The first kappa shape index (κ1) is 20.8. The second-order valence-corrected chi connectivity index (χ2v) is 8.11. The van der Waals surface area contributed by atoms with E-state index in [0.717, 1.165) is 30.2 Å². The molecular weight excluding hydrogens is 314 g/mol. The average Bonchev–Trinajstić information content (AvgIpc) is 2.69. The zero-order valence-corrected chi connectivity index (χ0v) is 16.8. The molecular formula is C25H37N. The number of allylic oxidation sites excluding steroid dienone is 2. The van der Waals surface area contributed by atoms with E-state index in [1.807, 2.05) is 12.1 Å². The molecule has 1 aliphatic rings. The Labute approximate surface area is 161 Å². The van der Waals surface area contributed by atoms with Crippen molar-refractivity contribution >= 4 is 0 Å². The van der Waals surface area contributed by atoms with Crippen LogP contribution < -0.4 is 0 Å². The van der Waals surface area contributed by atoms with Crippen molar-refractivity contribution in [2.24, 2.45) is 11.8 Å². The molecule has 1 aromatic rings. The SMILES string of the molecule is CCCCCCCC[C@H]1CC[C@H](C=CCCc2ccc(C#N)cc2)CC1. The van der Waals surface area contributed by atoms with Gasteiger partial charge in [-0.15, -0.1) is 0 Å². The van der Waals surface area contributed by atoms with Gasteiger partial charge in [0.05, 0.1) is 11.6 Å². The summed E-state index contributed by atoms with van der Waals surface area (Å²) in [5.41, 5.74) is 2.08. The predicted octanol–water partition coefficient (Wildman–Crippen LogP) is 7.60. The second-order valence-electron chi connectivity index (χ2n) is 8.11. The van der Waals surface area contributed by atoms with E-state index in [-0.39, 0.29) is 0 Å². The number of rotatable bonds is 11. The number of hydrogen-bond donors (Lipinski definition) is 0. The van der Waals surface area contributed by atoms with Crippen LogP contribution in [0.3, 0.4) is 0 Å². The standard InChI is InChI=1S/C25H37N/c1-2-3-4-5-6-7-10-22-13-15-23(16-14-22)11-8-9-12-24-17-19-25(21-26)20-18-24/h8,11,17-20,22-23H,2-7,9-10,12-16H2,1H3/t22-,23-. The maximum atomic E-state index is 8.84. The van der Waals surface area contributed by atoms with Gasteiger partial charge in [-0.25, -0.2) is 0 Å². The van der Waals surface area contributed by atoms with Crippen LogP contribution in [-0.2, 0) is 6.42 Å². The van der Waals surface area contributed by atoms with Gasteiger partial charge < -0.3 is 0 Å². The molecule has 0 radical (unpaired) electrons. The number of aryl methyl sites for hydroxylation is 1. The van der Waals surface area contributed by atoms with Gasteiger partial charge in [-0.2, -0.15) is 5.26 Å². The quantitative estimate of drug-likeness (QED) is 0.297. The van der Waals surface area contributed by atoms with Crippen LogP contribution >= 0.6 is 0 Å². The maximum absolute atomic E-state index is 8.84. The summed E-state index contributed by atoms with van der Waals surface area (Å²) >= 11 is 0. The molecule has 0 bridgehead atoms. The van der Waals surface area contributed by atoms with Gasteiger partial charge in [-0.05, 0) is 68.1 Å². The Morgan fingerprint density at radius 3 is 2.35 bits per heavy atom. The minimum Gasteiger partial charge on any atom is -0.192 e. The van der Waals surface area contributed by atoms with Crippen molar-refractivity contribution in [1.29, 1.82) is 5.26 Å². The highest BCUT2D eigenvalue weighted by Crippen LogP contribution is 2.32. The lowest BCUT2D eigenvalue weighted by Gasteiger charge is -2.26. The summed E-state index contributed by atoms with van der Waals surface area (Å²) in [5, 5.41) is 8.84. The van der Waals surface area contributed by atoms with Crippen molar-refractivity contribution in [1.82, 2.24) is 0 Å². The first-order valence-electron chi connectivity index (χ1n) is 11.0. The Hall–Kier alpha value is -1.55. The summed E-state index contributed by atoms with van der Waals surface area (Å²) in [6, 6.07) is 10.2. The largest absolute Gasteiger partial charge is 0.192 e. The molecule has 0 amide bonds. The van der Waals surface area contributed by atoms with Crippen molar-refractivity contribution in [2.75, 3.05) is 0 Å². The number of nitrogens with zero attached hydrogens (tertiary/aromatic N) is 1. The number of nitriles is 1. The van der Waals surface area contributed by atoms with Crippen molar-refractivity contribution < 1.29 is 0 Å². The van der Waals surface area contributed by atoms with Crippen LogP contribution in [0, 0.1) is 23.2 Å². The Kier molecular flexibility index (Phi) is 10.2. The first-order chi connectivity index (χ1) is 12.8. The van der Waals surface area contributed by atoms with Crippen LogP contribution in [0.1, 0.15) is 95.1 Å². The highest BCUT2D eigenvalue weighted by atomic mass is 14.2.